The maximum atomic E-state index is 11.9. The number of nitrogens with two attached hydrogens (primary N) is 1. The topological polar surface area (TPSA) is 123 Å². The lowest BCUT2D eigenvalue weighted by Crippen LogP contribution is -2.43. The summed E-state index contributed by atoms with van der Waals surface area (Å²) in [4.78, 5) is 16.8. The van der Waals surface area contributed by atoms with E-state index in [1.54, 1.807) is 0 Å². The lowest BCUT2D eigenvalue weighted by atomic mass is 10.00. The summed E-state index contributed by atoms with van der Waals surface area (Å²) in [6.45, 7) is -2.94. The Bertz CT molecular complexity index is 701. The van der Waals surface area contributed by atoms with Crippen LogP contribution in [0, 0.1) is 11.3 Å². The second-order valence-corrected chi connectivity index (χ2v) is 4.69. The zero-order valence-electron chi connectivity index (χ0n) is 11.7. The fraction of sp³-hybridized carbons (Fsp3) is 0.500. The van der Waals surface area contributed by atoms with Crippen LogP contribution < -0.4 is 11.4 Å². The smallest absolute Gasteiger partial charge is 0.354 e. The van der Waals surface area contributed by atoms with Crippen molar-refractivity contribution in [3.8, 4) is 11.3 Å². The van der Waals surface area contributed by atoms with E-state index in [-0.39, 0.29) is 5.95 Å². The van der Waals surface area contributed by atoms with E-state index in [2.05, 4.69) is 15.9 Å². The summed E-state index contributed by atoms with van der Waals surface area (Å²) in [5, 5.41) is 21.5. The lowest BCUT2D eigenvalue weighted by molar-refractivity contribution is -0.0467. The largest absolute Gasteiger partial charge is 0.394 e. The zero-order chi connectivity index (χ0) is 16.7. The van der Waals surface area contributed by atoms with Crippen molar-refractivity contribution in [2.24, 2.45) is 0 Å². The highest BCUT2D eigenvalue weighted by Crippen LogP contribution is 2.42. The minimum Gasteiger partial charge on any atom is -0.394 e. The van der Waals surface area contributed by atoms with Crippen molar-refractivity contribution in [3.05, 3.63) is 16.8 Å². The highest BCUT2D eigenvalue weighted by molar-refractivity contribution is 6.32. The first-order chi connectivity index (χ1) is 10.1. The van der Waals surface area contributed by atoms with Crippen molar-refractivity contribution in [2.75, 3.05) is 12.3 Å². The molecular formula is C10H10Cl2N4O4. The van der Waals surface area contributed by atoms with Gasteiger partial charge in [-0.1, -0.05) is 17.5 Å². The summed E-state index contributed by atoms with van der Waals surface area (Å²) in [5.41, 5.74) is 4.36. The molecule has 4 atom stereocenters. The number of halogens is 2. The van der Waals surface area contributed by atoms with Crippen LogP contribution in [0.4, 0.5) is 5.95 Å². The van der Waals surface area contributed by atoms with E-state index < -0.39 is 35.6 Å². The Kier molecular flexibility index (Phi) is 3.44. The second-order valence-electron chi connectivity index (χ2n) is 3.87. The van der Waals surface area contributed by atoms with E-state index in [4.69, 9.17) is 36.4 Å². The molecule has 1 saturated heterocycles. The van der Waals surface area contributed by atoms with Gasteiger partial charge in [0.25, 0.3) is 0 Å². The van der Waals surface area contributed by atoms with Gasteiger partial charge < -0.3 is 20.7 Å². The third-order valence-corrected chi connectivity index (χ3v) is 3.32. The highest BCUT2D eigenvalue weighted by atomic mass is 35.5. The molecule has 1 aliphatic rings. The van der Waals surface area contributed by atoms with Crippen molar-refractivity contribution < 1.29 is 17.7 Å². The van der Waals surface area contributed by atoms with Crippen LogP contribution >= 0.6 is 23.2 Å². The Labute approximate surface area is 125 Å². The number of ether oxygens (including phenoxy) is 1. The van der Waals surface area contributed by atoms with Crippen LogP contribution in [0.3, 0.4) is 0 Å². The van der Waals surface area contributed by atoms with Crippen LogP contribution in [-0.4, -0.2) is 48.4 Å². The molecule has 1 aromatic rings. The number of aliphatic hydroxyl groups is 2. The highest BCUT2D eigenvalue weighted by Gasteiger charge is 2.56. The molecule has 0 aliphatic carbocycles. The normalized spacial score (nSPS) is 34.9. The van der Waals surface area contributed by atoms with Crippen molar-refractivity contribution in [2.45, 2.75) is 23.3 Å². The first kappa shape index (κ1) is 12.4. The third kappa shape index (κ3) is 2.34. The SMILES string of the molecule is [2H]C([2H])(O)[C@H]1O[C@@H](n2cnc(N)nc2=O)C(Cl)(C#CCl)[C@H]1O. The molecule has 10 heteroatoms. The molecule has 4 N–H and O–H groups in total. The number of hydrogen-bond acceptors (Lipinski definition) is 7. The van der Waals surface area contributed by atoms with Crippen molar-refractivity contribution in [1.82, 2.24) is 14.5 Å². The minimum absolute atomic E-state index is 0.294. The number of nitrogens with zero attached hydrogens (tertiary/aromatic N) is 3. The molecule has 8 nitrogen and oxygen atoms in total. The number of aliphatic hydroxyl groups excluding tert-OH is 1. The predicted octanol–water partition coefficient (Wildman–Crippen LogP) is -1.35. The van der Waals surface area contributed by atoms with E-state index in [1.807, 2.05) is 5.38 Å². The van der Waals surface area contributed by atoms with Crippen LogP contribution in [0.25, 0.3) is 0 Å². The monoisotopic (exact) mass is 322 g/mol. The summed E-state index contributed by atoms with van der Waals surface area (Å²) in [6.07, 6.45) is -4.13. The average molecular weight is 323 g/mol. The molecule has 1 fully saturated rings. The fourth-order valence-electron chi connectivity index (χ4n) is 1.77. The van der Waals surface area contributed by atoms with E-state index in [1.165, 1.54) is 0 Å². The fourth-order valence-corrected chi connectivity index (χ4v) is 2.29. The van der Waals surface area contributed by atoms with Gasteiger partial charge in [-0.25, -0.2) is 9.78 Å². The summed E-state index contributed by atoms with van der Waals surface area (Å²) in [6, 6.07) is 0. The minimum atomic E-state index is -2.94. The first-order valence-electron chi connectivity index (χ1n) is 6.19. The summed E-state index contributed by atoms with van der Waals surface area (Å²) < 4.78 is 20.5. The molecule has 0 bridgehead atoms. The van der Waals surface area contributed by atoms with Gasteiger partial charge in [-0.05, 0) is 11.6 Å². The first-order valence-corrected chi connectivity index (χ1v) is 5.95. The molecule has 0 saturated carbocycles. The van der Waals surface area contributed by atoms with Gasteiger partial charge in [-0.15, -0.1) is 0 Å². The predicted molar refractivity (Wildman–Crippen MR) is 69.9 cm³/mol. The summed E-state index contributed by atoms with van der Waals surface area (Å²) >= 11 is 11.5. The van der Waals surface area contributed by atoms with Gasteiger partial charge >= 0.3 is 5.69 Å². The number of anilines is 1. The molecule has 108 valence electrons. The van der Waals surface area contributed by atoms with Gasteiger partial charge in [-0.3, -0.25) is 4.57 Å². The van der Waals surface area contributed by atoms with Crippen molar-refractivity contribution in [1.29, 1.82) is 0 Å². The van der Waals surface area contributed by atoms with Crippen LogP contribution in [-0.2, 0) is 4.74 Å². The molecule has 0 amide bonds. The van der Waals surface area contributed by atoms with Crippen LogP contribution in [0.2, 0.25) is 0 Å². The molecule has 20 heavy (non-hydrogen) atoms. The Morgan fingerprint density at radius 2 is 2.45 bits per heavy atom. The van der Waals surface area contributed by atoms with Crippen LogP contribution in [0.5, 0.6) is 0 Å². The number of rotatable bonds is 2. The number of aromatic nitrogens is 3. The maximum absolute atomic E-state index is 11.9. The molecule has 1 unspecified atom stereocenters. The standard InChI is InChI=1S/C10H10Cl2N4O4/c11-2-1-10(12)6(18)5(3-17)20-7(10)16-4-14-8(13)15-9(16)19/h4-7,17-18H,3H2,(H2,13,15,19)/t5-,6+,7-,10?/m1/s1/i3D2. The summed E-state index contributed by atoms with van der Waals surface area (Å²) in [7, 11) is 0. The third-order valence-electron chi connectivity index (χ3n) is 2.72. The molecular weight excluding hydrogens is 311 g/mol. The maximum Gasteiger partial charge on any atom is 0.354 e. The van der Waals surface area contributed by atoms with Crippen LogP contribution in [0.1, 0.15) is 8.97 Å². The Balaban J connectivity index is 2.57. The molecule has 1 aromatic heterocycles. The number of hydrogen-bond donors (Lipinski definition) is 3. The van der Waals surface area contributed by atoms with Crippen molar-refractivity contribution in [3.63, 3.8) is 0 Å². The van der Waals surface area contributed by atoms with Gasteiger partial charge in [0.1, 0.15) is 18.5 Å². The van der Waals surface area contributed by atoms with E-state index in [0.29, 0.717) is 0 Å². The number of nitrogen functional groups attached to an aromatic ring is 1. The molecule has 2 heterocycles. The lowest BCUT2D eigenvalue weighted by Gasteiger charge is -2.24. The Hall–Kier alpha value is -1.37. The Morgan fingerprint density at radius 3 is 3.00 bits per heavy atom. The van der Waals surface area contributed by atoms with Gasteiger partial charge in [0.15, 0.2) is 11.1 Å². The average Bonchev–Trinajstić information content (AvgIpc) is 2.63. The molecule has 0 spiro atoms. The molecule has 1 aliphatic heterocycles. The van der Waals surface area contributed by atoms with Gasteiger partial charge in [0.05, 0.1) is 9.30 Å². The quantitative estimate of drug-likeness (QED) is 0.454. The zero-order valence-corrected chi connectivity index (χ0v) is 11.2. The summed E-state index contributed by atoms with van der Waals surface area (Å²) in [5.74, 6) is 1.95. The second kappa shape index (κ2) is 5.55. The van der Waals surface area contributed by atoms with Gasteiger partial charge in [0, 0.05) is 5.38 Å². The van der Waals surface area contributed by atoms with Crippen molar-refractivity contribution >= 4 is 29.2 Å². The van der Waals surface area contributed by atoms with E-state index in [0.717, 1.165) is 10.9 Å². The number of alkyl halides is 1. The Morgan fingerprint density at radius 1 is 1.75 bits per heavy atom. The van der Waals surface area contributed by atoms with E-state index in [9.17, 15) is 15.0 Å². The van der Waals surface area contributed by atoms with Gasteiger partial charge in [0.2, 0.25) is 5.95 Å². The molecule has 0 radical (unpaired) electrons. The molecule has 2 rings (SSSR count). The van der Waals surface area contributed by atoms with Crippen LogP contribution in [0.15, 0.2) is 11.1 Å². The molecule has 0 aromatic carbocycles. The van der Waals surface area contributed by atoms with Gasteiger partial charge in [-0.2, -0.15) is 4.98 Å². The van der Waals surface area contributed by atoms with E-state index >= 15 is 0 Å².